The molecular formula is C24H26FN3O2. The van der Waals surface area contributed by atoms with Gasteiger partial charge in [-0.05, 0) is 56.6 Å². The van der Waals surface area contributed by atoms with E-state index in [0.717, 1.165) is 16.5 Å². The Kier molecular flexibility index (Phi) is 6.79. The number of likely N-dealkylation sites (N-methyl/N-ethyl adjacent to an activating group) is 2. The number of fused-ring (bicyclic) bond motifs is 1. The van der Waals surface area contributed by atoms with E-state index in [0.29, 0.717) is 12.2 Å². The predicted octanol–water partition coefficient (Wildman–Crippen LogP) is 4.29. The van der Waals surface area contributed by atoms with Crippen LogP contribution in [0.25, 0.3) is 10.8 Å². The number of halogens is 1. The third-order valence-corrected chi connectivity index (χ3v) is 5.18. The van der Waals surface area contributed by atoms with Gasteiger partial charge in [-0.15, -0.1) is 0 Å². The number of anilines is 2. The van der Waals surface area contributed by atoms with Crippen molar-refractivity contribution in [3.8, 4) is 0 Å². The third kappa shape index (κ3) is 4.83. The molecule has 30 heavy (non-hydrogen) atoms. The van der Waals surface area contributed by atoms with Gasteiger partial charge in [0.1, 0.15) is 5.82 Å². The zero-order chi connectivity index (χ0) is 21.7. The predicted molar refractivity (Wildman–Crippen MR) is 119 cm³/mol. The van der Waals surface area contributed by atoms with Crippen molar-refractivity contribution in [1.82, 2.24) is 4.90 Å². The highest BCUT2D eigenvalue weighted by Crippen LogP contribution is 2.27. The number of hydrogen-bond acceptors (Lipinski definition) is 3. The Morgan fingerprint density at radius 2 is 1.67 bits per heavy atom. The molecule has 0 aliphatic heterocycles. The molecule has 3 rings (SSSR count). The molecule has 0 radical (unpaired) electrons. The number of benzene rings is 3. The summed E-state index contributed by atoms with van der Waals surface area (Å²) in [5.41, 5.74) is 1.37. The van der Waals surface area contributed by atoms with Gasteiger partial charge in [-0.25, -0.2) is 4.39 Å². The first-order chi connectivity index (χ1) is 14.4. The van der Waals surface area contributed by atoms with Crippen molar-refractivity contribution in [3.63, 3.8) is 0 Å². The zero-order valence-electron chi connectivity index (χ0n) is 17.4. The van der Waals surface area contributed by atoms with Crippen LogP contribution in [0.2, 0.25) is 0 Å². The minimum Gasteiger partial charge on any atom is -0.325 e. The zero-order valence-corrected chi connectivity index (χ0v) is 17.4. The minimum atomic E-state index is -0.497. The summed E-state index contributed by atoms with van der Waals surface area (Å²) in [4.78, 5) is 29.1. The van der Waals surface area contributed by atoms with Crippen LogP contribution in [0, 0.1) is 5.82 Å². The summed E-state index contributed by atoms with van der Waals surface area (Å²) in [5.74, 6) is -0.708. The summed E-state index contributed by atoms with van der Waals surface area (Å²) < 4.78 is 13.0. The molecule has 0 fully saturated rings. The number of nitrogens with zero attached hydrogens (tertiary/aromatic N) is 2. The number of amides is 2. The highest BCUT2D eigenvalue weighted by Gasteiger charge is 2.26. The van der Waals surface area contributed by atoms with Crippen LogP contribution in [0.4, 0.5) is 15.8 Å². The van der Waals surface area contributed by atoms with Gasteiger partial charge in [-0.2, -0.15) is 0 Å². The van der Waals surface area contributed by atoms with E-state index < -0.39 is 6.04 Å². The van der Waals surface area contributed by atoms with E-state index in [9.17, 15) is 14.0 Å². The Morgan fingerprint density at radius 1 is 1.00 bits per heavy atom. The Morgan fingerprint density at radius 3 is 2.37 bits per heavy atom. The van der Waals surface area contributed by atoms with E-state index >= 15 is 0 Å². The van der Waals surface area contributed by atoms with Gasteiger partial charge in [0.25, 0.3) is 0 Å². The highest BCUT2D eigenvalue weighted by atomic mass is 19.1. The summed E-state index contributed by atoms with van der Waals surface area (Å²) in [6.07, 6.45) is 0. The summed E-state index contributed by atoms with van der Waals surface area (Å²) >= 11 is 0. The van der Waals surface area contributed by atoms with Crippen LogP contribution >= 0.6 is 0 Å². The molecule has 0 unspecified atom stereocenters. The van der Waals surface area contributed by atoms with Crippen LogP contribution in [0.15, 0.2) is 66.7 Å². The number of nitrogens with one attached hydrogen (secondary N) is 1. The van der Waals surface area contributed by atoms with Crippen molar-refractivity contribution >= 4 is 34.0 Å². The molecule has 0 aromatic heterocycles. The molecule has 0 saturated carbocycles. The van der Waals surface area contributed by atoms with E-state index in [1.165, 1.54) is 24.3 Å². The first-order valence-corrected chi connectivity index (χ1v) is 9.95. The quantitative estimate of drug-likeness (QED) is 0.636. The van der Waals surface area contributed by atoms with Gasteiger partial charge in [0, 0.05) is 17.6 Å². The molecule has 0 heterocycles. The molecule has 3 aromatic carbocycles. The van der Waals surface area contributed by atoms with Gasteiger partial charge in [0.2, 0.25) is 11.8 Å². The van der Waals surface area contributed by atoms with E-state index in [-0.39, 0.29) is 24.2 Å². The third-order valence-electron chi connectivity index (χ3n) is 5.18. The number of carbonyl (C=O) groups excluding carboxylic acids is 2. The van der Waals surface area contributed by atoms with Gasteiger partial charge in [-0.1, -0.05) is 36.4 Å². The molecule has 1 N–H and O–H groups in total. The molecule has 5 nitrogen and oxygen atoms in total. The van der Waals surface area contributed by atoms with Crippen molar-refractivity contribution < 1.29 is 14.0 Å². The fourth-order valence-corrected chi connectivity index (χ4v) is 3.40. The standard InChI is InChI=1S/C24H26FN3O2/c1-4-28(22-11-7-9-18-8-5-6-10-21(18)22)24(30)17(2)27(3)16-23(29)26-20-14-12-19(25)13-15-20/h5-15,17H,4,16H2,1-3H3,(H,26,29)/t17-/m1/s1. The number of carbonyl (C=O) groups is 2. The highest BCUT2D eigenvalue weighted by molar-refractivity contribution is 6.05. The molecule has 0 spiro atoms. The summed E-state index contributed by atoms with van der Waals surface area (Å²) in [7, 11) is 1.74. The van der Waals surface area contributed by atoms with Gasteiger partial charge >= 0.3 is 0 Å². The maximum absolute atomic E-state index is 13.2. The summed E-state index contributed by atoms with van der Waals surface area (Å²) in [5, 5.41) is 4.80. The average molecular weight is 407 g/mol. The van der Waals surface area contributed by atoms with Gasteiger partial charge in [0.05, 0.1) is 18.3 Å². The molecule has 0 bridgehead atoms. The maximum atomic E-state index is 13.2. The lowest BCUT2D eigenvalue weighted by Gasteiger charge is -2.30. The molecule has 2 amide bonds. The Labute approximate surface area is 176 Å². The van der Waals surface area contributed by atoms with Gasteiger partial charge in [0.15, 0.2) is 0 Å². The van der Waals surface area contributed by atoms with Crippen molar-refractivity contribution in [2.45, 2.75) is 19.9 Å². The molecule has 6 heteroatoms. The summed E-state index contributed by atoms with van der Waals surface area (Å²) in [6, 6.07) is 18.9. The lowest BCUT2D eigenvalue weighted by Crippen LogP contribution is -2.48. The monoisotopic (exact) mass is 407 g/mol. The van der Waals surface area contributed by atoms with E-state index in [1.807, 2.05) is 49.4 Å². The molecule has 0 aliphatic rings. The van der Waals surface area contributed by atoms with E-state index in [1.54, 1.807) is 23.8 Å². The second kappa shape index (κ2) is 9.50. The smallest absolute Gasteiger partial charge is 0.244 e. The Hall–Kier alpha value is -3.25. The molecule has 3 aromatic rings. The lowest BCUT2D eigenvalue weighted by atomic mass is 10.1. The average Bonchev–Trinajstić information content (AvgIpc) is 2.75. The van der Waals surface area contributed by atoms with Gasteiger partial charge in [-0.3, -0.25) is 14.5 Å². The van der Waals surface area contributed by atoms with Crippen LogP contribution in [0.1, 0.15) is 13.8 Å². The SMILES string of the molecule is CCN(C(=O)[C@@H](C)N(C)CC(=O)Nc1ccc(F)cc1)c1cccc2ccccc12. The molecule has 0 aliphatic carbocycles. The second-order valence-corrected chi connectivity index (χ2v) is 7.23. The normalized spacial score (nSPS) is 12.0. The van der Waals surface area contributed by atoms with Crippen LogP contribution in [0.3, 0.4) is 0 Å². The van der Waals surface area contributed by atoms with E-state index in [2.05, 4.69) is 5.32 Å². The van der Waals surface area contributed by atoms with Crippen molar-refractivity contribution in [1.29, 1.82) is 0 Å². The first-order valence-electron chi connectivity index (χ1n) is 9.95. The second-order valence-electron chi connectivity index (χ2n) is 7.23. The fraction of sp³-hybridized carbons (Fsp3) is 0.250. The van der Waals surface area contributed by atoms with Crippen molar-refractivity contribution in [2.75, 3.05) is 30.4 Å². The fourth-order valence-electron chi connectivity index (χ4n) is 3.40. The molecular weight excluding hydrogens is 381 g/mol. The summed E-state index contributed by atoms with van der Waals surface area (Å²) in [6.45, 7) is 4.29. The van der Waals surface area contributed by atoms with Crippen molar-refractivity contribution in [2.24, 2.45) is 0 Å². The van der Waals surface area contributed by atoms with Crippen LogP contribution in [0.5, 0.6) is 0 Å². The molecule has 1 atom stereocenters. The van der Waals surface area contributed by atoms with Crippen molar-refractivity contribution in [3.05, 3.63) is 72.5 Å². The number of rotatable bonds is 7. The minimum absolute atomic E-state index is 0.0391. The lowest BCUT2D eigenvalue weighted by molar-refractivity contribution is -0.124. The van der Waals surface area contributed by atoms with Crippen LogP contribution < -0.4 is 10.2 Å². The first kappa shape index (κ1) is 21.5. The Bertz CT molecular complexity index is 1030. The topological polar surface area (TPSA) is 52.7 Å². The van der Waals surface area contributed by atoms with Crippen LogP contribution in [-0.2, 0) is 9.59 Å². The maximum Gasteiger partial charge on any atom is 0.244 e. The molecule has 0 saturated heterocycles. The van der Waals surface area contributed by atoms with Crippen LogP contribution in [-0.4, -0.2) is 42.9 Å². The molecule has 156 valence electrons. The van der Waals surface area contributed by atoms with Gasteiger partial charge < -0.3 is 10.2 Å². The largest absolute Gasteiger partial charge is 0.325 e. The number of hydrogen-bond donors (Lipinski definition) is 1. The van der Waals surface area contributed by atoms with E-state index in [4.69, 9.17) is 0 Å². The Balaban J connectivity index is 1.70.